The molecule has 112 valence electrons. The number of benzene rings is 2. The van der Waals surface area contributed by atoms with E-state index >= 15 is 0 Å². The van der Waals surface area contributed by atoms with Crippen LogP contribution in [-0.2, 0) is 6.54 Å². The van der Waals surface area contributed by atoms with Gasteiger partial charge in [0, 0.05) is 26.2 Å². The van der Waals surface area contributed by atoms with Crippen molar-refractivity contribution in [1.82, 2.24) is 10.6 Å². The zero-order valence-electron chi connectivity index (χ0n) is 12.5. The molecule has 21 heavy (non-hydrogen) atoms. The summed E-state index contributed by atoms with van der Waals surface area (Å²) in [4.78, 5) is 0. The van der Waals surface area contributed by atoms with Gasteiger partial charge in [-0.05, 0) is 23.6 Å². The highest BCUT2D eigenvalue weighted by molar-refractivity contribution is 5.63. The fourth-order valence-corrected chi connectivity index (χ4v) is 2.17. The van der Waals surface area contributed by atoms with E-state index in [0.29, 0.717) is 6.54 Å². The molecular formula is C18H24N2O. The second kappa shape index (κ2) is 8.57. The molecule has 0 saturated carbocycles. The lowest BCUT2D eigenvalue weighted by atomic mass is 10.0. The lowest BCUT2D eigenvalue weighted by Gasteiger charge is -2.08. The summed E-state index contributed by atoms with van der Waals surface area (Å²) in [5.41, 5.74) is 3.78. The van der Waals surface area contributed by atoms with Gasteiger partial charge in [0.2, 0.25) is 0 Å². The third-order valence-electron chi connectivity index (χ3n) is 3.31. The summed E-state index contributed by atoms with van der Waals surface area (Å²) in [7, 11) is 0. The van der Waals surface area contributed by atoms with Crippen LogP contribution >= 0.6 is 0 Å². The molecule has 0 aromatic heterocycles. The normalized spacial score (nSPS) is 12.3. The molecule has 2 rings (SSSR count). The molecular weight excluding hydrogens is 260 g/mol. The third kappa shape index (κ3) is 5.68. The molecule has 0 saturated heterocycles. The Morgan fingerprint density at radius 1 is 0.857 bits per heavy atom. The number of aliphatic hydroxyl groups is 1. The van der Waals surface area contributed by atoms with Gasteiger partial charge in [0.05, 0.1) is 6.10 Å². The van der Waals surface area contributed by atoms with E-state index in [1.807, 2.05) is 6.07 Å². The summed E-state index contributed by atoms with van der Waals surface area (Å²) in [5.74, 6) is 0. The van der Waals surface area contributed by atoms with Gasteiger partial charge in [0.15, 0.2) is 0 Å². The van der Waals surface area contributed by atoms with Crippen molar-refractivity contribution in [2.75, 3.05) is 19.6 Å². The van der Waals surface area contributed by atoms with Crippen LogP contribution < -0.4 is 10.6 Å². The molecule has 1 atom stereocenters. The van der Waals surface area contributed by atoms with Gasteiger partial charge in [-0.15, -0.1) is 0 Å². The van der Waals surface area contributed by atoms with Crippen LogP contribution in [0.15, 0.2) is 54.6 Å². The molecule has 0 bridgehead atoms. The van der Waals surface area contributed by atoms with Crippen LogP contribution in [0.25, 0.3) is 11.1 Å². The van der Waals surface area contributed by atoms with Crippen molar-refractivity contribution in [3.63, 3.8) is 0 Å². The SMILES string of the molecule is C[C@H](O)CNCCNCc1ccc(-c2ccccc2)cc1. The summed E-state index contributed by atoms with van der Waals surface area (Å²) in [6.07, 6.45) is -0.282. The summed E-state index contributed by atoms with van der Waals surface area (Å²) in [5, 5.41) is 15.7. The van der Waals surface area contributed by atoms with Crippen LogP contribution in [0.4, 0.5) is 0 Å². The van der Waals surface area contributed by atoms with Crippen LogP contribution in [0.1, 0.15) is 12.5 Å². The Labute approximate surface area is 127 Å². The highest BCUT2D eigenvalue weighted by Crippen LogP contribution is 2.18. The lowest BCUT2D eigenvalue weighted by molar-refractivity contribution is 0.191. The zero-order valence-corrected chi connectivity index (χ0v) is 12.5. The van der Waals surface area contributed by atoms with E-state index in [4.69, 9.17) is 5.11 Å². The Morgan fingerprint density at radius 2 is 1.48 bits per heavy atom. The molecule has 0 amide bonds. The van der Waals surface area contributed by atoms with Gasteiger partial charge in [-0.3, -0.25) is 0 Å². The van der Waals surface area contributed by atoms with E-state index in [2.05, 4.69) is 59.2 Å². The molecule has 0 radical (unpaired) electrons. The average Bonchev–Trinajstić information content (AvgIpc) is 2.52. The molecule has 0 aliphatic carbocycles. The summed E-state index contributed by atoms with van der Waals surface area (Å²) in [6.45, 7) is 5.06. The predicted octanol–water partition coefficient (Wildman–Crippen LogP) is 2.41. The largest absolute Gasteiger partial charge is 0.392 e. The fraction of sp³-hybridized carbons (Fsp3) is 0.333. The maximum absolute atomic E-state index is 9.12. The summed E-state index contributed by atoms with van der Waals surface area (Å²) in [6, 6.07) is 19.1. The smallest absolute Gasteiger partial charge is 0.0636 e. The van der Waals surface area contributed by atoms with Crippen molar-refractivity contribution in [3.05, 3.63) is 60.2 Å². The van der Waals surface area contributed by atoms with Gasteiger partial charge in [-0.25, -0.2) is 0 Å². The minimum Gasteiger partial charge on any atom is -0.392 e. The van der Waals surface area contributed by atoms with Gasteiger partial charge >= 0.3 is 0 Å². The molecule has 0 heterocycles. The molecule has 3 N–H and O–H groups in total. The van der Waals surface area contributed by atoms with Crippen LogP contribution in [-0.4, -0.2) is 30.8 Å². The second-order valence-corrected chi connectivity index (χ2v) is 5.29. The highest BCUT2D eigenvalue weighted by atomic mass is 16.3. The van der Waals surface area contributed by atoms with Crippen molar-refractivity contribution in [2.24, 2.45) is 0 Å². The first-order chi connectivity index (χ1) is 10.3. The van der Waals surface area contributed by atoms with Gasteiger partial charge in [-0.1, -0.05) is 54.6 Å². The van der Waals surface area contributed by atoms with E-state index in [1.165, 1.54) is 16.7 Å². The summed E-state index contributed by atoms with van der Waals surface area (Å²) >= 11 is 0. The first-order valence-electron chi connectivity index (χ1n) is 7.49. The molecule has 3 nitrogen and oxygen atoms in total. The molecule has 0 fully saturated rings. The molecule has 3 heteroatoms. The molecule has 2 aromatic carbocycles. The number of rotatable bonds is 8. The Balaban J connectivity index is 1.73. The van der Waals surface area contributed by atoms with Gasteiger partial charge in [0.25, 0.3) is 0 Å². The maximum Gasteiger partial charge on any atom is 0.0636 e. The fourth-order valence-electron chi connectivity index (χ4n) is 2.17. The highest BCUT2D eigenvalue weighted by Gasteiger charge is 1.98. The maximum atomic E-state index is 9.12. The average molecular weight is 284 g/mol. The van der Waals surface area contributed by atoms with Crippen molar-refractivity contribution in [1.29, 1.82) is 0 Å². The molecule has 0 aliphatic rings. The Kier molecular flexibility index (Phi) is 6.41. The number of nitrogens with one attached hydrogen (secondary N) is 2. The Bertz CT molecular complexity index is 509. The monoisotopic (exact) mass is 284 g/mol. The van der Waals surface area contributed by atoms with Crippen molar-refractivity contribution >= 4 is 0 Å². The Hall–Kier alpha value is -1.68. The van der Waals surface area contributed by atoms with Crippen LogP contribution in [0.5, 0.6) is 0 Å². The van der Waals surface area contributed by atoms with E-state index in [0.717, 1.165) is 19.6 Å². The van der Waals surface area contributed by atoms with Crippen LogP contribution in [0.3, 0.4) is 0 Å². The first kappa shape index (κ1) is 15.7. The number of hydrogen-bond acceptors (Lipinski definition) is 3. The number of aliphatic hydroxyl groups excluding tert-OH is 1. The van der Waals surface area contributed by atoms with Gasteiger partial charge < -0.3 is 15.7 Å². The standard InChI is InChI=1S/C18H24N2O/c1-15(21)13-19-11-12-20-14-16-7-9-18(10-8-16)17-5-3-2-4-6-17/h2-10,15,19-21H,11-14H2,1H3/t15-/m0/s1. The molecule has 2 aromatic rings. The zero-order chi connectivity index (χ0) is 14.9. The van der Waals surface area contributed by atoms with E-state index in [-0.39, 0.29) is 6.10 Å². The van der Waals surface area contributed by atoms with Crippen molar-refractivity contribution < 1.29 is 5.11 Å². The Morgan fingerprint density at radius 3 is 2.14 bits per heavy atom. The molecule has 0 aliphatic heterocycles. The topological polar surface area (TPSA) is 44.3 Å². The molecule has 0 unspecified atom stereocenters. The first-order valence-corrected chi connectivity index (χ1v) is 7.49. The van der Waals surface area contributed by atoms with Crippen molar-refractivity contribution in [2.45, 2.75) is 19.6 Å². The summed E-state index contributed by atoms with van der Waals surface area (Å²) < 4.78 is 0. The third-order valence-corrected chi connectivity index (χ3v) is 3.31. The van der Waals surface area contributed by atoms with Crippen LogP contribution in [0.2, 0.25) is 0 Å². The minimum atomic E-state index is -0.282. The van der Waals surface area contributed by atoms with Crippen LogP contribution in [0, 0.1) is 0 Å². The lowest BCUT2D eigenvalue weighted by Crippen LogP contribution is -2.31. The second-order valence-electron chi connectivity index (χ2n) is 5.29. The molecule has 0 spiro atoms. The quantitative estimate of drug-likeness (QED) is 0.652. The minimum absolute atomic E-state index is 0.282. The number of hydrogen-bond donors (Lipinski definition) is 3. The van der Waals surface area contributed by atoms with Crippen molar-refractivity contribution in [3.8, 4) is 11.1 Å². The van der Waals surface area contributed by atoms with E-state index in [9.17, 15) is 0 Å². The van der Waals surface area contributed by atoms with Gasteiger partial charge in [-0.2, -0.15) is 0 Å². The predicted molar refractivity (Wildman–Crippen MR) is 88.1 cm³/mol. The van der Waals surface area contributed by atoms with E-state index < -0.39 is 0 Å². The van der Waals surface area contributed by atoms with Gasteiger partial charge in [0.1, 0.15) is 0 Å². The van der Waals surface area contributed by atoms with E-state index in [1.54, 1.807) is 6.92 Å².